The SMILES string of the molecule is Cc1ccc2nc(-c3ccc(NC(=O)[C@H](C)Sc4n[nH]c(N)n4)cc3)sc2c1. The van der Waals surface area contributed by atoms with Crippen LogP contribution in [0.5, 0.6) is 0 Å². The van der Waals surface area contributed by atoms with Gasteiger partial charge in [0.25, 0.3) is 0 Å². The molecule has 9 heteroatoms. The molecular formula is C19H18N6OS2. The average molecular weight is 411 g/mol. The number of rotatable bonds is 5. The quantitative estimate of drug-likeness (QED) is 0.428. The fourth-order valence-corrected chi connectivity index (χ4v) is 4.42. The molecule has 0 aliphatic rings. The smallest absolute Gasteiger partial charge is 0.237 e. The number of thiazole rings is 1. The lowest BCUT2D eigenvalue weighted by atomic mass is 10.2. The largest absolute Gasteiger partial charge is 0.368 e. The van der Waals surface area contributed by atoms with Gasteiger partial charge in [0.1, 0.15) is 5.01 Å². The molecule has 0 unspecified atom stereocenters. The summed E-state index contributed by atoms with van der Waals surface area (Å²) >= 11 is 2.90. The van der Waals surface area contributed by atoms with E-state index in [1.807, 2.05) is 30.3 Å². The summed E-state index contributed by atoms with van der Waals surface area (Å²) in [6.45, 7) is 3.87. The van der Waals surface area contributed by atoms with Crippen LogP contribution in [0.4, 0.5) is 11.6 Å². The van der Waals surface area contributed by atoms with Gasteiger partial charge < -0.3 is 11.1 Å². The maximum Gasteiger partial charge on any atom is 0.237 e. The van der Waals surface area contributed by atoms with E-state index in [0.717, 1.165) is 21.8 Å². The van der Waals surface area contributed by atoms with Crippen molar-refractivity contribution in [3.8, 4) is 10.6 Å². The first kappa shape index (κ1) is 18.5. The number of aromatic nitrogens is 4. The van der Waals surface area contributed by atoms with Gasteiger partial charge >= 0.3 is 0 Å². The lowest BCUT2D eigenvalue weighted by Gasteiger charge is -2.10. The molecule has 2 aromatic carbocycles. The molecule has 7 nitrogen and oxygen atoms in total. The molecule has 0 fully saturated rings. The molecule has 142 valence electrons. The number of amides is 1. The lowest BCUT2D eigenvalue weighted by Crippen LogP contribution is -2.22. The predicted molar refractivity (Wildman–Crippen MR) is 115 cm³/mol. The van der Waals surface area contributed by atoms with Crippen molar-refractivity contribution in [1.82, 2.24) is 20.2 Å². The summed E-state index contributed by atoms with van der Waals surface area (Å²) in [5.41, 5.74) is 9.48. The molecule has 0 aliphatic heterocycles. The van der Waals surface area contributed by atoms with Crippen LogP contribution in [0, 0.1) is 6.92 Å². The van der Waals surface area contributed by atoms with E-state index in [9.17, 15) is 4.79 Å². The number of nitrogens with zero attached hydrogens (tertiary/aromatic N) is 3. The van der Waals surface area contributed by atoms with Gasteiger partial charge in [0.05, 0.1) is 15.5 Å². The first-order valence-electron chi connectivity index (χ1n) is 8.61. The maximum absolute atomic E-state index is 12.4. The highest BCUT2D eigenvalue weighted by molar-refractivity contribution is 8.00. The molecule has 0 bridgehead atoms. The van der Waals surface area contributed by atoms with E-state index < -0.39 is 0 Å². The number of hydrogen-bond donors (Lipinski definition) is 3. The van der Waals surface area contributed by atoms with Crippen LogP contribution in [0.25, 0.3) is 20.8 Å². The zero-order valence-electron chi connectivity index (χ0n) is 15.3. The van der Waals surface area contributed by atoms with Gasteiger partial charge in [0, 0.05) is 11.3 Å². The summed E-state index contributed by atoms with van der Waals surface area (Å²) in [5, 5.41) is 10.4. The molecule has 28 heavy (non-hydrogen) atoms. The highest BCUT2D eigenvalue weighted by Gasteiger charge is 2.17. The molecule has 4 rings (SSSR count). The van der Waals surface area contributed by atoms with Gasteiger partial charge in [0.15, 0.2) is 0 Å². The summed E-state index contributed by atoms with van der Waals surface area (Å²) in [7, 11) is 0. The zero-order chi connectivity index (χ0) is 19.7. The number of carbonyl (C=O) groups is 1. The Bertz CT molecular complexity index is 1140. The number of benzene rings is 2. The molecule has 2 aromatic heterocycles. The van der Waals surface area contributed by atoms with Crippen LogP contribution < -0.4 is 11.1 Å². The molecule has 4 N–H and O–H groups in total. The average Bonchev–Trinajstić information content (AvgIpc) is 3.27. The zero-order valence-corrected chi connectivity index (χ0v) is 16.9. The van der Waals surface area contributed by atoms with Crippen LogP contribution in [0.15, 0.2) is 47.6 Å². The van der Waals surface area contributed by atoms with Gasteiger partial charge in [-0.05, 0) is 55.8 Å². The molecule has 4 aromatic rings. The van der Waals surface area contributed by atoms with E-state index >= 15 is 0 Å². The number of nitrogens with one attached hydrogen (secondary N) is 2. The Hall–Kier alpha value is -2.91. The van der Waals surface area contributed by atoms with Gasteiger partial charge in [-0.2, -0.15) is 4.98 Å². The van der Waals surface area contributed by atoms with Gasteiger partial charge in [-0.15, -0.1) is 16.4 Å². The predicted octanol–water partition coefficient (Wildman–Crippen LogP) is 4.09. The van der Waals surface area contributed by atoms with Crippen LogP contribution in [-0.2, 0) is 4.79 Å². The van der Waals surface area contributed by atoms with Crippen molar-refractivity contribution >= 4 is 50.9 Å². The summed E-state index contributed by atoms with van der Waals surface area (Å²) in [6.07, 6.45) is 0. The Morgan fingerprint density at radius 2 is 2.00 bits per heavy atom. The number of carbonyl (C=O) groups excluding carboxylic acids is 1. The fraction of sp³-hybridized carbons (Fsp3) is 0.158. The molecule has 1 atom stereocenters. The van der Waals surface area contributed by atoms with E-state index in [1.165, 1.54) is 22.0 Å². The molecule has 2 heterocycles. The highest BCUT2D eigenvalue weighted by atomic mass is 32.2. The third-order valence-corrected chi connectivity index (χ3v) is 6.11. The van der Waals surface area contributed by atoms with Crippen molar-refractivity contribution in [1.29, 1.82) is 0 Å². The summed E-state index contributed by atoms with van der Waals surface area (Å²) < 4.78 is 1.17. The minimum atomic E-state index is -0.359. The summed E-state index contributed by atoms with van der Waals surface area (Å²) in [4.78, 5) is 21.1. The summed E-state index contributed by atoms with van der Waals surface area (Å²) in [5.74, 6) is 0.104. The number of fused-ring (bicyclic) bond motifs is 1. The first-order chi connectivity index (χ1) is 13.5. The van der Waals surface area contributed by atoms with Gasteiger partial charge in [0.2, 0.25) is 17.0 Å². The number of aryl methyl sites for hydroxylation is 1. The van der Waals surface area contributed by atoms with Gasteiger partial charge in [-0.1, -0.05) is 17.8 Å². The third-order valence-electron chi connectivity index (χ3n) is 4.08. The molecule has 0 spiro atoms. The standard InChI is InChI=1S/C19H18N6OS2/c1-10-3-8-14-15(9-10)28-17(22-14)12-4-6-13(7-5-12)21-16(26)11(2)27-19-23-18(20)24-25-19/h3-9,11H,1-2H3,(H,21,26)(H3,20,23,24,25)/t11-/m0/s1. The van der Waals surface area contributed by atoms with E-state index in [2.05, 4.69) is 39.6 Å². The molecule has 0 saturated carbocycles. The second kappa shape index (κ2) is 7.61. The minimum absolute atomic E-state index is 0.128. The Balaban J connectivity index is 1.44. The number of nitrogen functional groups attached to an aromatic ring is 1. The van der Waals surface area contributed by atoms with Crippen molar-refractivity contribution < 1.29 is 4.79 Å². The Morgan fingerprint density at radius 1 is 1.21 bits per heavy atom. The normalized spacial score (nSPS) is 12.2. The fourth-order valence-electron chi connectivity index (χ4n) is 2.62. The van der Waals surface area contributed by atoms with Crippen LogP contribution in [0.2, 0.25) is 0 Å². The monoisotopic (exact) mass is 410 g/mol. The Kier molecular flexibility index (Phi) is 5.01. The van der Waals surface area contributed by atoms with Crippen molar-refractivity contribution in [2.75, 3.05) is 11.1 Å². The number of hydrogen-bond acceptors (Lipinski definition) is 7. The molecule has 0 aliphatic carbocycles. The Morgan fingerprint density at radius 3 is 2.71 bits per heavy atom. The molecule has 0 radical (unpaired) electrons. The van der Waals surface area contributed by atoms with Crippen LogP contribution in [0.3, 0.4) is 0 Å². The van der Waals surface area contributed by atoms with Gasteiger partial charge in [-0.25, -0.2) is 10.1 Å². The van der Waals surface area contributed by atoms with E-state index in [1.54, 1.807) is 18.3 Å². The van der Waals surface area contributed by atoms with Crippen LogP contribution in [-0.4, -0.2) is 31.3 Å². The topological polar surface area (TPSA) is 110 Å². The van der Waals surface area contributed by atoms with Crippen molar-refractivity contribution in [3.05, 3.63) is 48.0 Å². The van der Waals surface area contributed by atoms with E-state index in [0.29, 0.717) is 5.16 Å². The number of thioether (sulfide) groups is 1. The van der Waals surface area contributed by atoms with E-state index in [-0.39, 0.29) is 17.1 Å². The molecule has 1 amide bonds. The van der Waals surface area contributed by atoms with Crippen LogP contribution >= 0.6 is 23.1 Å². The van der Waals surface area contributed by atoms with Crippen molar-refractivity contribution in [3.63, 3.8) is 0 Å². The number of H-pyrrole nitrogens is 1. The first-order valence-corrected chi connectivity index (χ1v) is 10.3. The highest BCUT2D eigenvalue weighted by Crippen LogP contribution is 2.31. The van der Waals surface area contributed by atoms with Crippen molar-refractivity contribution in [2.24, 2.45) is 0 Å². The van der Waals surface area contributed by atoms with Crippen LogP contribution in [0.1, 0.15) is 12.5 Å². The minimum Gasteiger partial charge on any atom is -0.368 e. The van der Waals surface area contributed by atoms with Gasteiger partial charge in [-0.3, -0.25) is 4.79 Å². The number of aromatic amines is 1. The number of anilines is 2. The molecular weight excluding hydrogens is 392 g/mol. The maximum atomic E-state index is 12.4. The third kappa shape index (κ3) is 4.00. The van der Waals surface area contributed by atoms with E-state index in [4.69, 9.17) is 10.7 Å². The summed E-state index contributed by atoms with van der Waals surface area (Å²) in [6, 6.07) is 13.9. The van der Waals surface area contributed by atoms with Crippen molar-refractivity contribution in [2.45, 2.75) is 24.3 Å². The second-order valence-corrected chi connectivity index (χ2v) is 8.66. The Labute approximate surface area is 169 Å². The second-order valence-electron chi connectivity index (χ2n) is 6.32. The molecule has 0 saturated heterocycles. The number of nitrogens with two attached hydrogens (primary N) is 1. The lowest BCUT2D eigenvalue weighted by molar-refractivity contribution is -0.115.